The first-order chi connectivity index (χ1) is 8.33. The molecule has 0 unspecified atom stereocenters. The first kappa shape index (κ1) is 11.0. The van der Waals surface area contributed by atoms with Gasteiger partial charge in [0.25, 0.3) is 0 Å². The summed E-state index contributed by atoms with van der Waals surface area (Å²) < 4.78 is 0. The van der Waals surface area contributed by atoms with Gasteiger partial charge in [-0.1, -0.05) is 12.5 Å². The van der Waals surface area contributed by atoms with Crippen molar-refractivity contribution < 1.29 is 4.79 Å². The number of carbonyl (C=O) groups excluding carboxylic acids is 1. The Kier molecular flexibility index (Phi) is 2.97. The van der Waals surface area contributed by atoms with E-state index < -0.39 is 0 Å². The first-order valence-electron chi connectivity index (χ1n) is 6.19. The number of carbonyl (C=O) groups is 1. The smallest absolute Gasteiger partial charge is 0.243 e. The number of nitrogens with one attached hydrogen (secondary N) is 1. The maximum Gasteiger partial charge on any atom is 0.243 e. The Balaban J connectivity index is 1.54. The molecule has 1 aromatic heterocycles. The highest BCUT2D eigenvalue weighted by molar-refractivity contribution is 7.11. The molecule has 2 bridgehead atoms. The van der Waals surface area contributed by atoms with Crippen LogP contribution in [0, 0.1) is 17.8 Å². The molecule has 0 aliphatic heterocycles. The largest absolute Gasteiger partial charge is 0.273 e. The van der Waals surface area contributed by atoms with E-state index in [1.165, 1.54) is 19.3 Å². The van der Waals surface area contributed by atoms with Crippen LogP contribution in [0.25, 0.3) is 0 Å². The molecule has 2 aliphatic rings. The molecule has 2 saturated carbocycles. The molecular formula is C13H16N2OS. The van der Waals surface area contributed by atoms with Gasteiger partial charge in [-0.15, -0.1) is 11.3 Å². The van der Waals surface area contributed by atoms with E-state index >= 15 is 0 Å². The van der Waals surface area contributed by atoms with Gasteiger partial charge in [-0.25, -0.2) is 5.43 Å². The number of hydrazone groups is 1. The molecule has 2 fully saturated rings. The van der Waals surface area contributed by atoms with Crippen LogP contribution in [0.15, 0.2) is 22.6 Å². The highest BCUT2D eigenvalue weighted by atomic mass is 32.1. The van der Waals surface area contributed by atoms with E-state index in [1.807, 2.05) is 17.5 Å². The van der Waals surface area contributed by atoms with E-state index in [9.17, 15) is 4.79 Å². The van der Waals surface area contributed by atoms with Crippen molar-refractivity contribution >= 4 is 23.5 Å². The number of nitrogens with zero attached hydrogens (tertiary/aromatic N) is 1. The molecule has 1 N–H and O–H groups in total. The maximum atomic E-state index is 11.9. The molecule has 0 radical (unpaired) electrons. The third-order valence-electron chi connectivity index (χ3n) is 3.98. The second-order valence-corrected chi connectivity index (χ2v) is 6.01. The van der Waals surface area contributed by atoms with Gasteiger partial charge in [-0.05, 0) is 42.5 Å². The highest BCUT2D eigenvalue weighted by Gasteiger charge is 2.42. The van der Waals surface area contributed by atoms with Crippen LogP contribution in [0.1, 0.15) is 30.6 Å². The molecule has 90 valence electrons. The highest BCUT2D eigenvalue weighted by Crippen LogP contribution is 2.48. The van der Waals surface area contributed by atoms with Crippen molar-refractivity contribution in [2.24, 2.45) is 22.9 Å². The van der Waals surface area contributed by atoms with Gasteiger partial charge in [-0.2, -0.15) is 5.10 Å². The van der Waals surface area contributed by atoms with Crippen LogP contribution in [-0.2, 0) is 4.79 Å². The Labute approximate surface area is 105 Å². The summed E-state index contributed by atoms with van der Waals surface area (Å²) in [6, 6.07) is 3.96. The van der Waals surface area contributed by atoms with Crippen molar-refractivity contribution in [1.82, 2.24) is 5.43 Å². The molecule has 1 heterocycles. The van der Waals surface area contributed by atoms with Crippen LogP contribution in [0.3, 0.4) is 0 Å². The minimum atomic E-state index is 0.116. The Morgan fingerprint density at radius 1 is 1.47 bits per heavy atom. The van der Waals surface area contributed by atoms with Crippen molar-refractivity contribution in [3.8, 4) is 0 Å². The minimum Gasteiger partial charge on any atom is -0.273 e. The predicted molar refractivity (Wildman–Crippen MR) is 69.0 cm³/mol. The van der Waals surface area contributed by atoms with Gasteiger partial charge in [0.1, 0.15) is 0 Å². The molecule has 2 aliphatic carbocycles. The van der Waals surface area contributed by atoms with Crippen LogP contribution >= 0.6 is 11.3 Å². The van der Waals surface area contributed by atoms with E-state index in [2.05, 4.69) is 10.5 Å². The number of hydrogen-bond acceptors (Lipinski definition) is 3. The van der Waals surface area contributed by atoms with Crippen molar-refractivity contribution in [1.29, 1.82) is 0 Å². The zero-order valence-electron chi connectivity index (χ0n) is 9.63. The molecule has 0 saturated heterocycles. The average molecular weight is 248 g/mol. The lowest BCUT2D eigenvalue weighted by Gasteiger charge is -2.19. The predicted octanol–water partition coefficient (Wildman–Crippen LogP) is 2.63. The number of amides is 1. The number of fused-ring (bicyclic) bond motifs is 2. The van der Waals surface area contributed by atoms with E-state index in [1.54, 1.807) is 17.6 Å². The molecule has 0 aromatic carbocycles. The average Bonchev–Trinajstić information content (AvgIpc) is 3.05. The standard InChI is InChI=1S/C13H16N2OS/c16-13(12-7-9-3-4-10(12)6-9)15-14-8-11-2-1-5-17-11/h1-2,5,8-10,12H,3-4,6-7H2,(H,15,16)/b14-8-/t9-,10-,12-/m1/s1. The molecule has 3 rings (SSSR count). The van der Waals surface area contributed by atoms with Gasteiger partial charge in [0, 0.05) is 10.8 Å². The Bertz CT molecular complexity index is 427. The quantitative estimate of drug-likeness (QED) is 0.648. The summed E-state index contributed by atoms with van der Waals surface area (Å²) in [5.74, 6) is 1.76. The third-order valence-corrected chi connectivity index (χ3v) is 4.79. The SMILES string of the molecule is O=C(N/N=C\c1cccs1)[C@@H]1C[C@@H]2CC[C@@H]1C2. The third kappa shape index (κ3) is 2.27. The monoisotopic (exact) mass is 248 g/mol. The lowest BCUT2D eigenvalue weighted by Crippen LogP contribution is -2.30. The summed E-state index contributed by atoms with van der Waals surface area (Å²) in [5.41, 5.74) is 2.68. The van der Waals surface area contributed by atoms with E-state index in [-0.39, 0.29) is 11.8 Å². The Hall–Kier alpha value is -1.16. The van der Waals surface area contributed by atoms with Gasteiger partial charge >= 0.3 is 0 Å². The lowest BCUT2D eigenvalue weighted by molar-refractivity contribution is -0.126. The van der Waals surface area contributed by atoms with Crippen molar-refractivity contribution in [3.63, 3.8) is 0 Å². The summed E-state index contributed by atoms with van der Waals surface area (Å²) in [7, 11) is 0. The molecule has 17 heavy (non-hydrogen) atoms. The molecule has 3 nitrogen and oxygen atoms in total. The van der Waals surface area contributed by atoms with E-state index in [0.29, 0.717) is 5.92 Å². The maximum absolute atomic E-state index is 11.9. The molecule has 1 aromatic rings. The molecule has 1 amide bonds. The topological polar surface area (TPSA) is 41.5 Å². The second kappa shape index (κ2) is 4.61. The van der Waals surface area contributed by atoms with E-state index in [4.69, 9.17) is 0 Å². The lowest BCUT2D eigenvalue weighted by atomic mass is 9.88. The fourth-order valence-corrected chi connectivity index (χ4v) is 3.76. The Morgan fingerprint density at radius 3 is 3.06 bits per heavy atom. The summed E-state index contributed by atoms with van der Waals surface area (Å²) in [6.07, 6.45) is 6.61. The van der Waals surface area contributed by atoms with Crippen LogP contribution in [0.5, 0.6) is 0 Å². The number of hydrogen-bond donors (Lipinski definition) is 1. The zero-order chi connectivity index (χ0) is 11.7. The number of rotatable bonds is 3. The normalized spacial score (nSPS) is 31.2. The second-order valence-electron chi connectivity index (χ2n) is 5.03. The van der Waals surface area contributed by atoms with Crippen LogP contribution in [-0.4, -0.2) is 12.1 Å². The molecule has 3 atom stereocenters. The molecular weight excluding hydrogens is 232 g/mol. The summed E-state index contributed by atoms with van der Waals surface area (Å²) in [4.78, 5) is 13.0. The minimum absolute atomic E-state index is 0.116. The fraction of sp³-hybridized carbons (Fsp3) is 0.538. The van der Waals surface area contributed by atoms with Crippen LogP contribution < -0.4 is 5.43 Å². The van der Waals surface area contributed by atoms with Crippen molar-refractivity contribution in [2.75, 3.05) is 0 Å². The van der Waals surface area contributed by atoms with Crippen LogP contribution in [0.2, 0.25) is 0 Å². The fourth-order valence-electron chi connectivity index (χ4n) is 3.17. The van der Waals surface area contributed by atoms with Gasteiger partial charge in [0.05, 0.1) is 6.21 Å². The summed E-state index contributed by atoms with van der Waals surface area (Å²) >= 11 is 1.62. The summed E-state index contributed by atoms with van der Waals surface area (Å²) in [6.45, 7) is 0. The van der Waals surface area contributed by atoms with Gasteiger partial charge in [0.15, 0.2) is 0 Å². The Morgan fingerprint density at radius 2 is 2.41 bits per heavy atom. The first-order valence-corrected chi connectivity index (χ1v) is 7.07. The van der Waals surface area contributed by atoms with E-state index in [0.717, 1.165) is 17.2 Å². The van der Waals surface area contributed by atoms with Gasteiger partial charge in [-0.3, -0.25) is 4.79 Å². The van der Waals surface area contributed by atoms with Crippen molar-refractivity contribution in [2.45, 2.75) is 25.7 Å². The van der Waals surface area contributed by atoms with Crippen LogP contribution in [0.4, 0.5) is 0 Å². The van der Waals surface area contributed by atoms with Gasteiger partial charge < -0.3 is 0 Å². The number of thiophene rings is 1. The molecule has 4 heteroatoms. The molecule has 0 spiro atoms. The zero-order valence-corrected chi connectivity index (χ0v) is 10.5. The van der Waals surface area contributed by atoms with Crippen molar-refractivity contribution in [3.05, 3.63) is 22.4 Å². The van der Waals surface area contributed by atoms with Gasteiger partial charge in [0.2, 0.25) is 5.91 Å². The summed E-state index contributed by atoms with van der Waals surface area (Å²) in [5, 5.41) is 6.03.